The molecule has 2 bridgehead atoms. The topological polar surface area (TPSA) is 27.0 Å². The monoisotopic (exact) mass is 252 g/mol. The third-order valence-corrected chi connectivity index (χ3v) is 3.90. The van der Waals surface area contributed by atoms with E-state index < -0.39 is 6.30 Å². The molecule has 2 unspecified atom stereocenters. The lowest BCUT2D eigenvalue weighted by molar-refractivity contribution is -0.251. The molecule has 1 aliphatic heterocycles. The number of likely N-dealkylation sites (tertiary alicyclic amines) is 1. The molecule has 1 fully saturated rings. The normalized spacial score (nSPS) is 26.8. The molecule has 2 aliphatic rings. The van der Waals surface area contributed by atoms with Crippen LogP contribution in [0.1, 0.15) is 34.9 Å². The molecule has 1 saturated heterocycles. The second-order valence-corrected chi connectivity index (χ2v) is 4.96. The second kappa shape index (κ2) is 3.72. The summed E-state index contributed by atoms with van der Waals surface area (Å²) in [6.45, 7) is 0.0563. The molecule has 94 valence electrons. The van der Waals surface area contributed by atoms with E-state index in [0.717, 1.165) is 17.5 Å². The van der Waals surface area contributed by atoms with Crippen LogP contribution < -0.4 is 0 Å². The van der Waals surface area contributed by atoms with E-state index in [-0.39, 0.29) is 24.9 Å². The van der Waals surface area contributed by atoms with Crippen molar-refractivity contribution < 1.29 is 13.2 Å². The molecule has 0 radical (unpaired) electrons. The van der Waals surface area contributed by atoms with Crippen molar-refractivity contribution >= 4 is 0 Å². The van der Waals surface area contributed by atoms with Gasteiger partial charge < -0.3 is 0 Å². The number of fused-ring (bicyclic) bond motifs is 5. The number of nitriles is 1. The first-order valence-electron chi connectivity index (χ1n) is 5.84. The molecule has 0 spiro atoms. The van der Waals surface area contributed by atoms with Crippen molar-refractivity contribution in [3.8, 4) is 6.07 Å². The van der Waals surface area contributed by atoms with Gasteiger partial charge in [-0.2, -0.15) is 18.4 Å². The van der Waals surface area contributed by atoms with E-state index in [1.807, 2.05) is 12.1 Å². The molecule has 1 aromatic carbocycles. The van der Waals surface area contributed by atoms with Crippen molar-refractivity contribution in [2.45, 2.75) is 24.6 Å². The fourth-order valence-corrected chi connectivity index (χ4v) is 3.13. The number of benzene rings is 1. The van der Waals surface area contributed by atoms with E-state index in [4.69, 9.17) is 5.26 Å². The third-order valence-electron chi connectivity index (χ3n) is 3.90. The molecule has 1 aromatic rings. The highest BCUT2D eigenvalue weighted by Crippen LogP contribution is 2.48. The van der Waals surface area contributed by atoms with Gasteiger partial charge >= 0.3 is 6.30 Å². The Morgan fingerprint density at radius 1 is 1.17 bits per heavy atom. The van der Waals surface area contributed by atoms with E-state index in [9.17, 15) is 13.2 Å². The number of hydrogen-bond acceptors (Lipinski definition) is 2. The van der Waals surface area contributed by atoms with Gasteiger partial charge in [0.25, 0.3) is 0 Å². The zero-order valence-electron chi connectivity index (χ0n) is 9.54. The van der Waals surface area contributed by atoms with Crippen LogP contribution in [0.4, 0.5) is 13.2 Å². The van der Waals surface area contributed by atoms with Gasteiger partial charge in [-0.25, -0.2) is 4.90 Å². The minimum absolute atomic E-state index is 0.0158. The Hall–Kier alpha value is -1.54. The lowest BCUT2D eigenvalue weighted by Crippen LogP contribution is -2.44. The van der Waals surface area contributed by atoms with Gasteiger partial charge in [-0.15, -0.1) is 0 Å². The molecular formula is C13H11F3N2. The van der Waals surface area contributed by atoms with Crippen LogP contribution in [0.2, 0.25) is 0 Å². The summed E-state index contributed by atoms with van der Waals surface area (Å²) in [6, 6.07) is 7.30. The lowest BCUT2D eigenvalue weighted by Gasteiger charge is -2.33. The number of alkyl halides is 3. The SMILES string of the molecule is N#Cc1ccc2c(c1)C1CC2CN(C(F)(F)F)C1. The maximum absolute atomic E-state index is 12.8. The van der Waals surface area contributed by atoms with E-state index in [1.54, 1.807) is 12.1 Å². The van der Waals surface area contributed by atoms with Crippen molar-refractivity contribution in [1.82, 2.24) is 4.90 Å². The van der Waals surface area contributed by atoms with Gasteiger partial charge in [-0.1, -0.05) is 6.07 Å². The minimum atomic E-state index is -4.25. The van der Waals surface area contributed by atoms with Crippen LogP contribution in [0.25, 0.3) is 0 Å². The van der Waals surface area contributed by atoms with Crippen LogP contribution in [0.5, 0.6) is 0 Å². The lowest BCUT2D eigenvalue weighted by atomic mass is 9.96. The Bertz CT molecular complexity index is 530. The number of halogens is 3. The van der Waals surface area contributed by atoms with Crippen molar-refractivity contribution in [3.05, 3.63) is 34.9 Å². The van der Waals surface area contributed by atoms with E-state index >= 15 is 0 Å². The third kappa shape index (κ3) is 1.68. The standard InChI is InChI=1S/C13H11F3N2/c14-13(15,16)18-6-9-4-10(7-18)12-3-8(5-17)1-2-11(9)12/h1-3,9-10H,4,6-7H2. The summed E-state index contributed by atoms with van der Waals surface area (Å²) in [5.74, 6) is -0.137. The summed E-state index contributed by atoms with van der Waals surface area (Å²) in [5.41, 5.74) is 2.46. The summed E-state index contributed by atoms with van der Waals surface area (Å²) < 4.78 is 38.3. The van der Waals surface area contributed by atoms with Gasteiger partial charge in [0.2, 0.25) is 0 Å². The number of hydrogen-bond donors (Lipinski definition) is 0. The highest BCUT2D eigenvalue weighted by Gasteiger charge is 2.46. The molecule has 2 atom stereocenters. The Kier molecular flexibility index (Phi) is 2.39. The van der Waals surface area contributed by atoms with Gasteiger partial charge in [0.05, 0.1) is 11.6 Å². The highest BCUT2D eigenvalue weighted by molar-refractivity contribution is 5.46. The molecule has 3 rings (SSSR count). The average molecular weight is 252 g/mol. The van der Waals surface area contributed by atoms with Crippen LogP contribution >= 0.6 is 0 Å². The Morgan fingerprint density at radius 3 is 2.44 bits per heavy atom. The molecule has 0 amide bonds. The van der Waals surface area contributed by atoms with Gasteiger partial charge in [0, 0.05) is 13.1 Å². The summed E-state index contributed by atoms with van der Waals surface area (Å²) in [5, 5.41) is 8.85. The Morgan fingerprint density at radius 2 is 1.83 bits per heavy atom. The molecule has 2 nitrogen and oxygen atoms in total. The fraction of sp³-hybridized carbons (Fsp3) is 0.462. The number of nitrogens with zero attached hydrogens (tertiary/aromatic N) is 2. The van der Waals surface area contributed by atoms with Crippen LogP contribution in [-0.2, 0) is 0 Å². The predicted octanol–water partition coefficient (Wildman–Crippen LogP) is 2.96. The molecule has 1 heterocycles. The quantitative estimate of drug-likeness (QED) is 0.664. The van der Waals surface area contributed by atoms with Gasteiger partial charge in [0.15, 0.2) is 0 Å². The molecule has 0 saturated carbocycles. The molecule has 18 heavy (non-hydrogen) atoms. The van der Waals surface area contributed by atoms with Gasteiger partial charge in [-0.3, -0.25) is 0 Å². The molecule has 1 aliphatic carbocycles. The summed E-state index contributed by atoms with van der Waals surface area (Å²) >= 11 is 0. The Balaban J connectivity index is 1.96. The van der Waals surface area contributed by atoms with Crippen LogP contribution in [0, 0.1) is 11.3 Å². The predicted molar refractivity (Wildman–Crippen MR) is 58.9 cm³/mol. The highest BCUT2D eigenvalue weighted by atomic mass is 19.4. The van der Waals surface area contributed by atoms with Gasteiger partial charge in [-0.05, 0) is 41.5 Å². The first-order chi connectivity index (χ1) is 8.49. The molecule has 5 heteroatoms. The summed E-state index contributed by atoms with van der Waals surface area (Å²) in [7, 11) is 0. The van der Waals surface area contributed by atoms with Crippen LogP contribution in [0.15, 0.2) is 18.2 Å². The molecule has 0 N–H and O–H groups in total. The Labute approximate surface area is 103 Å². The fourth-order valence-electron chi connectivity index (χ4n) is 3.13. The van der Waals surface area contributed by atoms with E-state index in [0.29, 0.717) is 10.5 Å². The van der Waals surface area contributed by atoms with Crippen molar-refractivity contribution in [1.29, 1.82) is 5.26 Å². The maximum Gasteiger partial charge on any atom is 0.459 e. The van der Waals surface area contributed by atoms with Gasteiger partial charge in [0.1, 0.15) is 0 Å². The smallest absolute Gasteiger partial charge is 0.213 e. The van der Waals surface area contributed by atoms with E-state index in [2.05, 4.69) is 0 Å². The zero-order valence-corrected chi connectivity index (χ0v) is 9.54. The first-order valence-corrected chi connectivity index (χ1v) is 5.84. The van der Waals surface area contributed by atoms with Crippen molar-refractivity contribution in [3.63, 3.8) is 0 Å². The van der Waals surface area contributed by atoms with Crippen LogP contribution in [0.3, 0.4) is 0 Å². The average Bonchev–Trinajstić information content (AvgIpc) is 2.59. The summed E-state index contributed by atoms with van der Waals surface area (Å²) in [4.78, 5) is 0.595. The largest absolute Gasteiger partial charge is 0.459 e. The minimum Gasteiger partial charge on any atom is -0.213 e. The maximum atomic E-state index is 12.8. The molecule has 0 aromatic heterocycles. The number of rotatable bonds is 0. The van der Waals surface area contributed by atoms with Crippen LogP contribution in [-0.4, -0.2) is 24.3 Å². The zero-order chi connectivity index (χ0) is 12.9. The first kappa shape index (κ1) is 11.5. The second-order valence-electron chi connectivity index (χ2n) is 4.96. The number of piperidine rings is 1. The molecular weight excluding hydrogens is 241 g/mol. The summed E-state index contributed by atoms with van der Waals surface area (Å²) in [6.07, 6.45) is -3.48. The van der Waals surface area contributed by atoms with Crippen molar-refractivity contribution in [2.75, 3.05) is 13.1 Å². The van der Waals surface area contributed by atoms with E-state index in [1.165, 1.54) is 0 Å². The van der Waals surface area contributed by atoms with Crippen molar-refractivity contribution in [2.24, 2.45) is 0 Å².